The number of nitrogens with zero attached hydrogens (tertiary/aromatic N) is 3. The third-order valence-corrected chi connectivity index (χ3v) is 7.30. The molecule has 3 aromatic carbocycles. The highest BCUT2D eigenvalue weighted by molar-refractivity contribution is 7.99. The van der Waals surface area contributed by atoms with Gasteiger partial charge in [0.05, 0.1) is 12.1 Å². The molecule has 1 unspecified atom stereocenters. The maximum Gasteiger partial charge on any atom is 0.247 e. The highest BCUT2D eigenvalue weighted by atomic mass is 35.5. The number of para-hydroxylation sites is 1. The number of benzene rings is 3. The van der Waals surface area contributed by atoms with Gasteiger partial charge in [0.1, 0.15) is 6.61 Å². The molecule has 7 nitrogen and oxygen atoms in total. The molecule has 0 bridgehead atoms. The van der Waals surface area contributed by atoms with E-state index in [0.29, 0.717) is 39.9 Å². The summed E-state index contributed by atoms with van der Waals surface area (Å²) >= 11 is 8.31. The fourth-order valence-electron chi connectivity index (χ4n) is 4.14. The van der Waals surface area contributed by atoms with Crippen molar-refractivity contribution in [3.05, 3.63) is 82.9 Å². The molecule has 9 heteroatoms. The number of rotatable bonds is 10. The molecule has 1 N–H and O–H groups in total. The normalized spacial score (nSPS) is 13.9. The lowest BCUT2D eigenvalue weighted by Crippen LogP contribution is -2.17. The molecule has 1 aliphatic heterocycles. The van der Waals surface area contributed by atoms with Crippen LogP contribution in [-0.4, -0.2) is 28.0 Å². The lowest BCUT2D eigenvalue weighted by Gasteiger charge is -2.21. The second kappa shape index (κ2) is 12.4. The van der Waals surface area contributed by atoms with Gasteiger partial charge in [-0.3, -0.25) is 0 Å². The van der Waals surface area contributed by atoms with Crippen LogP contribution in [0, 0.1) is 0 Å². The van der Waals surface area contributed by atoms with Crippen LogP contribution in [-0.2, 0) is 6.61 Å². The van der Waals surface area contributed by atoms with Crippen LogP contribution < -0.4 is 19.5 Å². The predicted octanol–water partition coefficient (Wildman–Crippen LogP) is 7.57. The Morgan fingerprint density at radius 3 is 2.66 bits per heavy atom. The Kier molecular flexibility index (Phi) is 8.51. The minimum Gasteiger partial charge on any atom is -0.493 e. The molecule has 1 aliphatic rings. The number of anilines is 1. The number of ether oxygens (including phenoxy) is 3. The first kappa shape index (κ1) is 26.1. The van der Waals surface area contributed by atoms with Gasteiger partial charge in [0.25, 0.3) is 0 Å². The van der Waals surface area contributed by atoms with Gasteiger partial charge in [-0.15, -0.1) is 10.2 Å². The summed E-state index contributed by atoms with van der Waals surface area (Å²) in [6.45, 7) is 2.56. The number of nitrogens with one attached hydrogen (secondary N) is 1. The summed E-state index contributed by atoms with van der Waals surface area (Å²) in [6, 6.07) is 21.5. The van der Waals surface area contributed by atoms with E-state index in [1.54, 1.807) is 18.9 Å². The van der Waals surface area contributed by atoms with E-state index < -0.39 is 6.23 Å². The second-order valence-corrected chi connectivity index (χ2v) is 10.3. The molecular formula is C29H29ClN4O3S. The molecular weight excluding hydrogens is 520 g/mol. The zero-order valence-corrected chi connectivity index (χ0v) is 22.9. The Labute approximate surface area is 231 Å². The Balaban J connectivity index is 1.45. The first-order chi connectivity index (χ1) is 18.7. The van der Waals surface area contributed by atoms with Crippen molar-refractivity contribution in [3.63, 3.8) is 0 Å². The number of hydrogen-bond donors (Lipinski definition) is 1. The van der Waals surface area contributed by atoms with Crippen molar-refractivity contribution in [2.24, 2.45) is 0 Å². The smallest absolute Gasteiger partial charge is 0.247 e. The van der Waals surface area contributed by atoms with E-state index in [1.165, 1.54) is 12.8 Å². The van der Waals surface area contributed by atoms with Crippen LogP contribution in [0.25, 0.3) is 11.3 Å². The third-order valence-electron chi connectivity index (χ3n) is 6.09. The van der Waals surface area contributed by atoms with E-state index in [0.717, 1.165) is 34.6 Å². The summed E-state index contributed by atoms with van der Waals surface area (Å²) in [4.78, 5) is 4.73. The Bertz CT molecular complexity index is 1390. The molecule has 0 radical (unpaired) electrons. The number of unbranched alkanes of at least 4 members (excludes halogenated alkanes) is 2. The monoisotopic (exact) mass is 548 g/mol. The molecule has 1 aromatic heterocycles. The van der Waals surface area contributed by atoms with Crippen molar-refractivity contribution >= 4 is 29.1 Å². The van der Waals surface area contributed by atoms with E-state index in [2.05, 4.69) is 22.4 Å². The van der Waals surface area contributed by atoms with Crippen molar-refractivity contribution in [1.29, 1.82) is 0 Å². The standard InChI is InChI=1S/C29H29ClN4O3S/c1-3-4-10-15-38-29-32-28-25(33-34-29)21-13-8-9-14-23(21)31-27(37-28)20-16-22(30)26(24(17-20)35-2)36-18-19-11-6-5-7-12-19/h5-9,11-14,16-17,27,31H,3-4,10,15,18H2,1-2H3. The number of methoxy groups -OCH3 is 1. The number of halogens is 1. The molecule has 0 aliphatic carbocycles. The van der Waals surface area contributed by atoms with Gasteiger partial charge in [-0.2, -0.15) is 4.98 Å². The van der Waals surface area contributed by atoms with Crippen molar-refractivity contribution in [1.82, 2.24) is 15.2 Å². The molecule has 0 spiro atoms. The molecule has 38 heavy (non-hydrogen) atoms. The zero-order valence-electron chi connectivity index (χ0n) is 21.3. The molecule has 4 aromatic rings. The lowest BCUT2D eigenvalue weighted by molar-refractivity contribution is 0.224. The summed E-state index contributed by atoms with van der Waals surface area (Å²) in [7, 11) is 1.59. The van der Waals surface area contributed by atoms with Crippen molar-refractivity contribution in [2.45, 2.75) is 44.2 Å². The topological polar surface area (TPSA) is 78.4 Å². The Hall–Kier alpha value is -3.49. The summed E-state index contributed by atoms with van der Waals surface area (Å²) in [6.07, 6.45) is 2.85. The van der Waals surface area contributed by atoms with Gasteiger partial charge in [-0.1, -0.05) is 91.7 Å². The zero-order chi connectivity index (χ0) is 26.3. The van der Waals surface area contributed by atoms with Gasteiger partial charge in [-0.25, -0.2) is 0 Å². The highest BCUT2D eigenvalue weighted by Crippen LogP contribution is 2.43. The largest absolute Gasteiger partial charge is 0.493 e. The van der Waals surface area contributed by atoms with Crippen molar-refractivity contribution in [3.8, 4) is 28.6 Å². The molecule has 5 rings (SSSR count). The molecule has 0 amide bonds. The number of thioether (sulfide) groups is 1. The van der Waals surface area contributed by atoms with Crippen LogP contribution in [0.4, 0.5) is 5.69 Å². The van der Waals surface area contributed by atoms with E-state index in [4.69, 9.17) is 30.8 Å². The average Bonchev–Trinajstić information content (AvgIpc) is 3.11. The van der Waals surface area contributed by atoms with E-state index in [-0.39, 0.29) is 0 Å². The van der Waals surface area contributed by atoms with Crippen LogP contribution >= 0.6 is 23.4 Å². The highest BCUT2D eigenvalue weighted by Gasteiger charge is 2.27. The van der Waals surface area contributed by atoms with Crippen LogP contribution in [0.5, 0.6) is 17.4 Å². The lowest BCUT2D eigenvalue weighted by atomic mass is 10.1. The molecule has 2 heterocycles. The fourth-order valence-corrected chi connectivity index (χ4v) is 5.19. The minimum atomic E-state index is -0.596. The van der Waals surface area contributed by atoms with Crippen LogP contribution in [0.2, 0.25) is 5.02 Å². The number of hydrogen-bond acceptors (Lipinski definition) is 8. The first-order valence-corrected chi connectivity index (χ1v) is 14.0. The summed E-state index contributed by atoms with van der Waals surface area (Å²) < 4.78 is 18.1. The van der Waals surface area contributed by atoms with Gasteiger partial charge in [0.15, 0.2) is 23.4 Å². The van der Waals surface area contributed by atoms with E-state index in [9.17, 15) is 0 Å². The van der Waals surface area contributed by atoms with Gasteiger partial charge < -0.3 is 19.5 Å². The maximum atomic E-state index is 6.72. The third kappa shape index (κ3) is 5.97. The fraction of sp³-hybridized carbons (Fsp3) is 0.276. The van der Waals surface area contributed by atoms with Gasteiger partial charge >= 0.3 is 0 Å². The molecule has 1 atom stereocenters. The average molecular weight is 549 g/mol. The van der Waals surface area contributed by atoms with Gasteiger partial charge in [0.2, 0.25) is 11.0 Å². The summed E-state index contributed by atoms with van der Waals surface area (Å²) in [5.74, 6) is 2.34. The molecule has 0 saturated heterocycles. The quantitative estimate of drug-likeness (QED) is 0.161. The van der Waals surface area contributed by atoms with Crippen molar-refractivity contribution in [2.75, 3.05) is 18.2 Å². The van der Waals surface area contributed by atoms with Gasteiger partial charge in [-0.05, 0) is 30.2 Å². The minimum absolute atomic E-state index is 0.372. The SMILES string of the molecule is CCCCCSc1nnc2c(n1)OC(c1cc(Cl)c(OCc3ccccc3)c(OC)c1)Nc1ccccc1-2. The van der Waals surface area contributed by atoms with Crippen molar-refractivity contribution < 1.29 is 14.2 Å². The first-order valence-electron chi connectivity index (χ1n) is 12.6. The van der Waals surface area contributed by atoms with Crippen LogP contribution in [0.3, 0.4) is 0 Å². The molecule has 196 valence electrons. The molecule has 0 saturated carbocycles. The van der Waals surface area contributed by atoms with Crippen LogP contribution in [0.1, 0.15) is 43.5 Å². The van der Waals surface area contributed by atoms with Gasteiger partial charge in [0, 0.05) is 22.6 Å². The predicted molar refractivity (Wildman–Crippen MR) is 151 cm³/mol. The summed E-state index contributed by atoms with van der Waals surface area (Å²) in [5.41, 5.74) is 4.11. The Morgan fingerprint density at radius 2 is 1.84 bits per heavy atom. The maximum absolute atomic E-state index is 6.72. The Morgan fingerprint density at radius 1 is 1.03 bits per heavy atom. The molecule has 0 fully saturated rings. The van der Waals surface area contributed by atoms with Crippen LogP contribution in [0.15, 0.2) is 71.9 Å². The number of fused-ring (bicyclic) bond motifs is 3. The number of aromatic nitrogens is 3. The second-order valence-electron chi connectivity index (χ2n) is 8.80. The summed E-state index contributed by atoms with van der Waals surface area (Å²) in [5, 5.41) is 13.3. The van der Waals surface area contributed by atoms with E-state index in [1.807, 2.05) is 66.7 Å². The van der Waals surface area contributed by atoms with E-state index >= 15 is 0 Å².